The number of phenolic OH excluding ortho intramolecular Hbond substituents is 5. The maximum Gasteiger partial charge on any atom is 0.446 e. The highest BCUT2D eigenvalue weighted by Gasteiger charge is 2.21. The van der Waals surface area contributed by atoms with Crippen LogP contribution in [-0.4, -0.2) is 38.5 Å². The van der Waals surface area contributed by atoms with Crippen molar-refractivity contribution in [3.63, 3.8) is 0 Å². The van der Waals surface area contributed by atoms with E-state index in [0.717, 1.165) is 24.3 Å². The van der Waals surface area contributed by atoms with E-state index in [1.54, 1.807) is 0 Å². The summed E-state index contributed by atoms with van der Waals surface area (Å²) in [5, 5.41) is 48.3. The topological polar surface area (TPSA) is 165 Å². The molecule has 2 rings (SSSR count). The Labute approximate surface area is 123 Å². The van der Waals surface area contributed by atoms with Crippen LogP contribution in [0.1, 0.15) is 0 Å². The van der Waals surface area contributed by atoms with E-state index in [9.17, 15) is 34.0 Å². The van der Waals surface area contributed by atoms with Gasteiger partial charge in [-0.2, -0.15) is 8.42 Å². The van der Waals surface area contributed by atoms with Crippen LogP contribution in [0.3, 0.4) is 0 Å². The van der Waals surface area contributed by atoms with E-state index in [1.807, 2.05) is 0 Å². The third-order valence-electron chi connectivity index (χ3n) is 2.60. The third-order valence-corrected chi connectivity index (χ3v) is 3.01. The van der Waals surface area contributed by atoms with Crippen molar-refractivity contribution in [1.29, 1.82) is 0 Å². The summed E-state index contributed by atoms with van der Waals surface area (Å²) in [7, 11) is -4.86. The minimum Gasteiger partial charge on any atom is -0.508 e. The summed E-state index contributed by atoms with van der Waals surface area (Å²) in [6, 6.07) is 3.18. The molecule has 0 atom stereocenters. The van der Waals surface area contributed by atoms with Crippen LogP contribution in [-0.2, 0) is 10.4 Å². The van der Waals surface area contributed by atoms with Crippen molar-refractivity contribution >= 4 is 10.4 Å². The molecular formula is C12H10O9S. The summed E-state index contributed by atoms with van der Waals surface area (Å²) in [4.78, 5) is 0. The second kappa shape index (κ2) is 5.16. The van der Waals surface area contributed by atoms with Crippen molar-refractivity contribution in [1.82, 2.24) is 0 Å². The van der Waals surface area contributed by atoms with Crippen LogP contribution in [0.4, 0.5) is 0 Å². The fourth-order valence-electron chi connectivity index (χ4n) is 1.87. The second-order valence-electron chi connectivity index (χ2n) is 4.21. The van der Waals surface area contributed by atoms with E-state index in [2.05, 4.69) is 4.18 Å². The van der Waals surface area contributed by atoms with Crippen LogP contribution in [0.5, 0.6) is 34.5 Å². The molecule has 6 N–H and O–H groups in total. The van der Waals surface area contributed by atoms with Gasteiger partial charge in [-0.15, -0.1) is 0 Å². The molecule has 0 radical (unpaired) electrons. The number of hydrogen-bond acceptors (Lipinski definition) is 8. The van der Waals surface area contributed by atoms with E-state index >= 15 is 0 Å². The normalized spacial score (nSPS) is 11.3. The molecule has 0 aromatic heterocycles. The van der Waals surface area contributed by atoms with Crippen LogP contribution in [0.25, 0.3) is 11.1 Å². The van der Waals surface area contributed by atoms with Crippen molar-refractivity contribution in [2.45, 2.75) is 0 Å². The first-order valence-corrected chi connectivity index (χ1v) is 6.93. The van der Waals surface area contributed by atoms with Gasteiger partial charge in [0.25, 0.3) is 0 Å². The lowest BCUT2D eigenvalue weighted by Gasteiger charge is -2.13. The monoisotopic (exact) mass is 330 g/mol. The van der Waals surface area contributed by atoms with Gasteiger partial charge < -0.3 is 29.7 Å². The number of rotatable bonds is 3. The minimum absolute atomic E-state index is 0.397. The molecule has 0 unspecified atom stereocenters. The lowest BCUT2D eigenvalue weighted by atomic mass is 10.0. The van der Waals surface area contributed by atoms with Crippen molar-refractivity contribution < 1.29 is 42.7 Å². The Morgan fingerprint density at radius 2 is 1.09 bits per heavy atom. The highest BCUT2D eigenvalue weighted by molar-refractivity contribution is 7.81. The number of hydrogen-bond donors (Lipinski definition) is 6. The zero-order chi connectivity index (χ0) is 16.7. The highest BCUT2D eigenvalue weighted by atomic mass is 32.3. The zero-order valence-corrected chi connectivity index (χ0v) is 11.4. The molecule has 2 aromatic rings. The lowest BCUT2D eigenvalue weighted by Crippen LogP contribution is -2.06. The Morgan fingerprint density at radius 3 is 1.45 bits per heavy atom. The smallest absolute Gasteiger partial charge is 0.446 e. The van der Waals surface area contributed by atoms with Gasteiger partial charge in [0.2, 0.25) is 0 Å². The predicted molar refractivity (Wildman–Crippen MR) is 72.4 cm³/mol. The van der Waals surface area contributed by atoms with E-state index in [-0.39, 0.29) is 0 Å². The van der Waals surface area contributed by atoms with Gasteiger partial charge in [0.15, 0.2) is 5.75 Å². The molecule has 0 amide bonds. The maximum absolute atomic E-state index is 10.6. The molecular weight excluding hydrogens is 320 g/mol. The largest absolute Gasteiger partial charge is 0.508 e. The first-order valence-electron chi connectivity index (χ1n) is 5.56. The molecule has 0 aliphatic carbocycles. The zero-order valence-electron chi connectivity index (χ0n) is 10.6. The van der Waals surface area contributed by atoms with Crippen molar-refractivity contribution in [3.8, 4) is 45.6 Å². The molecule has 0 heterocycles. The van der Waals surface area contributed by atoms with E-state index in [0.29, 0.717) is 0 Å². The number of benzene rings is 2. The first kappa shape index (κ1) is 15.5. The molecule has 0 fully saturated rings. The average Bonchev–Trinajstić information content (AvgIpc) is 2.29. The van der Waals surface area contributed by atoms with Crippen LogP contribution in [0, 0.1) is 0 Å². The van der Waals surface area contributed by atoms with Crippen LogP contribution >= 0.6 is 0 Å². The Morgan fingerprint density at radius 1 is 0.727 bits per heavy atom. The van der Waals surface area contributed by atoms with Gasteiger partial charge in [0.1, 0.15) is 28.7 Å². The molecule has 118 valence electrons. The van der Waals surface area contributed by atoms with Gasteiger partial charge >= 0.3 is 10.4 Å². The first-order chi connectivity index (χ1) is 10.1. The van der Waals surface area contributed by atoms with E-state index in [4.69, 9.17) is 4.55 Å². The molecule has 2 aromatic carbocycles. The quantitative estimate of drug-likeness (QED) is 0.451. The highest BCUT2D eigenvalue weighted by Crippen LogP contribution is 2.49. The Hall–Kier alpha value is -2.85. The van der Waals surface area contributed by atoms with Gasteiger partial charge in [-0.05, 0) is 0 Å². The summed E-state index contributed by atoms with van der Waals surface area (Å²) >= 11 is 0. The Balaban J connectivity index is 2.64. The summed E-state index contributed by atoms with van der Waals surface area (Å²) in [6.07, 6.45) is 0. The lowest BCUT2D eigenvalue weighted by molar-refractivity contribution is 0.383. The van der Waals surface area contributed by atoms with Crippen LogP contribution in [0.15, 0.2) is 24.3 Å². The van der Waals surface area contributed by atoms with Gasteiger partial charge in [-0.25, -0.2) is 0 Å². The summed E-state index contributed by atoms with van der Waals surface area (Å²) in [5.74, 6) is -3.86. The fraction of sp³-hybridized carbons (Fsp3) is 0. The molecule has 0 spiro atoms. The molecule has 0 aliphatic rings. The molecule has 0 aliphatic heterocycles. The van der Waals surface area contributed by atoms with Crippen LogP contribution in [0.2, 0.25) is 0 Å². The van der Waals surface area contributed by atoms with E-state index in [1.165, 1.54) is 0 Å². The second-order valence-corrected chi connectivity index (χ2v) is 5.23. The van der Waals surface area contributed by atoms with Gasteiger partial charge in [-0.1, -0.05) is 0 Å². The molecule has 22 heavy (non-hydrogen) atoms. The molecule has 10 heteroatoms. The van der Waals surface area contributed by atoms with Crippen molar-refractivity contribution in [2.75, 3.05) is 0 Å². The summed E-state index contributed by atoms with van der Waals surface area (Å²) in [6.45, 7) is 0. The SMILES string of the molecule is O=S(=O)(O)Oc1cc(O)c(-c2c(O)cc(O)cc2O)c(O)c1. The molecule has 0 saturated carbocycles. The number of phenols is 5. The summed E-state index contributed by atoms with van der Waals surface area (Å²) in [5.41, 5.74) is -0.830. The van der Waals surface area contributed by atoms with Crippen LogP contribution < -0.4 is 4.18 Å². The van der Waals surface area contributed by atoms with Gasteiger partial charge in [0, 0.05) is 24.3 Å². The predicted octanol–water partition coefficient (Wildman–Crippen LogP) is 1.06. The van der Waals surface area contributed by atoms with Crippen molar-refractivity contribution in [3.05, 3.63) is 24.3 Å². The summed E-state index contributed by atoms with van der Waals surface area (Å²) < 4.78 is 33.8. The van der Waals surface area contributed by atoms with Gasteiger partial charge in [-0.3, -0.25) is 4.55 Å². The Kier molecular flexibility index (Phi) is 3.65. The fourth-order valence-corrected chi connectivity index (χ4v) is 2.21. The minimum atomic E-state index is -4.86. The third kappa shape index (κ3) is 3.07. The molecule has 0 saturated heterocycles. The molecule has 0 bridgehead atoms. The average molecular weight is 330 g/mol. The molecule has 9 nitrogen and oxygen atoms in total. The maximum atomic E-state index is 10.6. The Bertz CT molecular complexity index is 796. The number of aromatic hydroxyl groups is 5. The van der Waals surface area contributed by atoms with Gasteiger partial charge in [0.05, 0.1) is 11.1 Å². The van der Waals surface area contributed by atoms with Crippen molar-refractivity contribution in [2.24, 2.45) is 0 Å². The standard InChI is InChI=1S/C12H10O9S/c13-5-1-7(14)11(8(15)2-5)12-9(16)3-6(4-10(12)17)21-22(18,19)20/h1-4,13-17H,(H,18,19,20). The van der Waals surface area contributed by atoms with E-state index < -0.39 is 56.0 Å².